The summed E-state index contributed by atoms with van der Waals surface area (Å²) in [5, 5.41) is 9.98. The standard InChI is InChI=1S/C11H16BrNO2/c1-7-6-9(12)11(15-2)10(14)8(7)4-3-5-13/h6,14H,3-5,13H2,1-2H3. The summed E-state index contributed by atoms with van der Waals surface area (Å²) < 4.78 is 5.90. The van der Waals surface area contributed by atoms with Crippen LogP contribution in [-0.2, 0) is 6.42 Å². The van der Waals surface area contributed by atoms with Gasteiger partial charge < -0.3 is 15.6 Å². The van der Waals surface area contributed by atoms with Crippen molar-refractivity contribution in [3.8, 4) is 11.5 Å². The van der Waals surface area contributed by atoms with Crippen LogP contribution in [0.1, 0.15) is 17.5 Å². The summed E-state index contributed by atoms with van der Waals surface area (Å²) in [6, 6.07) is 1.95. The molecule has 0 heterocycles. The molecule has 0 bridgehead atoms. The fourth-order valence-electron chi connectivity index (χ4n) is 1.57. The van der Waals surface area contributed by atoms with E-state index in [9.17, 15) is 5.11 Å². The maximum atomic E-state index is 9.98. The Bertz CT molecular complexity index is 353. The molecule has 0 saturated heterocycles. The lowest BCUT2D eigenvalue weighted by atomic mass is 10.0. The Kier molecular flexibility index (Phi) is 4.42. The highest BCUT2D eigenvalue weighted by molar-refractivity contribution is 9.10. The first-order valence-corrected chi connectivity index (χ1v) is 5.66. The predicted molar refractivity (Wildman–Crippen MR) is 64.5 cm³/mol. The number of rotatable bonds is 4. The largest absolute Gasteiger partial charge is 0.504 e. The Labute approximate surface area is 98.4 Å². The van der Waals surface area contributed by atoms with E-state index in [-0.39, 0.29) is 5.75 Å². The van der Waals surface area contributed by atoms with Crippen LogP contribution in [-0.4, -0.2) is 18.8 Å². The van der Waals surface area contributed by atoms with Crippen LogP contribution in [0.2, 0.25) is 0 Å². The van der Waals surface area contributed by atoms with E-state index in [1.807, 2.05) is 13.0 Å². The SMILES string of the molecule is COc1c(Br)cc(C)c(CCCN)c1O. The van der Waals surface area contributed by atoms with Gasteiger partial charge in [-0.05, 0) is 53.9 Å². The number of phenolic OH excluding ortho intramolecular Hbond substituents is 1. The molecule has 1 aromatic carbocycles. The lowest BCUT2D eigenvalue weighted by molar-refractivity contribution is 0.367. The molecule has 0 saturated carbocycles. The summed E-state index contributed by atoms with van der Waals surface area (Å²) >= 11 is 3.35. The molecular formula is C11H16BrNO2. The van der Waals surface area contributed by atoms with Crippen molar-refractivity contribution >= 4 is 15.9 Å². The van der Waals surface area contributed by atoms with Crippen LogP contribution in [0, 0.1) is 6.92 Å². The van der Waals surface area contributed by atoms with E-state index in [0.29, 0.717) is 12.3 Å². The number of hydrogen-bond donors (Lipinski definition) is 2. The Morgan fingerprint density at radius 3 is 2.73 bits per heavy atom. The molecule has 0 atom stereocenters. The molecule has 3 N–H and O–H groups in total. The zero-order chi connectivity index (χ0) is 11.4. The van der Waals surface area contributed by atoms with Crippen LogP contribution in [0.3, 0.4) is 0 Å². The van der Waals surface area contributed by atoms with E-state index in [2.05, 4.69) is 15.9 Å². The first-order chi connectivity index (χ1) is 7.11. The fraction of sp³-hybridized carbons (Fsp3) is 0.455. The second-order valence-corrected chi connectivity index (χ2v) is 4.28. The molecular weight excluding hydrogens is 258 g/mol. The van der Waals surface area contributed by atoms with Crippen molar-refractivity contribution in [2.75, 3.05) is 13.7 Å². The first kappa shape index (κ1) is 12.3. The number of ether oxygens (including phenoxy) is 1. The van der Waals surface area contributed by atoms with Gasteiger partial charge in [-0.3, -0.25) is 0 Å². The molecule has 1 rings (SSSR count). The molecule has 15 heavy (non-hydrogen) atoms. The highest BCUT2D eigenvalue weighted by Gasteiger charge is 2.14. The van der Waals surface area contributed by atoms with E-state index in [1.165, 1.54) is 0 Å². The van der Waals surface area contributed by atoms with Gasteiger partial charge in [-0.1, -0.05) is 0 Å². The Morgan fingerprint density at radius 2 is 2.20 bits per heavy atom. The predicted octanol–water partition coefficient (Wildman–Crippen LogP) is 2.36. The summed E-state index contributed by atoms with van der Waals surface area (Å²) in [7, 11) is 1.54. The van der Waals surface area contributed by atoms with Crippen molar-refractivity contribution in [3.05, 3.63) is 21.7 Å². The number of methoxy groups -OCH3 is 1. The van der Waals surface area contributed by atoms with Gasteiger partial charge in [0.1, 0.15) is 0 Å². The first-order valence-electron chi connectivity index (χ1n) is 4.86. The van der Waals surface area contributed by atoms with Crippen LogP contribution in [0.5, 0.6) is 11.5 Å². The van der Waals surface area contributed by atoms with Crippen molar-refractivity contribution in [1.82, 2.24) is 0 Å². The molecule has 0 amide bonds. The van der Waals surface area contributed by atoms with Gasteiger partial charge in [0.15, 0.2) is 11.5 Å². The quantitative estimate of drug-likeness (QED) is 0.886. The van der Waals surface area contributed by atoms with Crippen molar-refractivity contribution in [2.45, 2.75) is 19.8 Å². The normalized spacial score (nSPS) is 10.4. The van der Waals surface area contributed by atoms with Crippen molar-refractivity contribution in [1.29, 1.82) is 0 Å². The third kappa shape index (κ3) is 2.63. The van der Waals surface area contributed by atoms with Crippen LogP contribution in [0.25, 0.3) is 0 Å². The summed E-state index contributed by atoms with van der Waals surface area (Å²) in [6.07, 6.45) is 1.64. The number of phenols is 1. The Hall–Kier alpha value is -0.740. The number of benzene rings is 1. The minimum absolute atomic E-state index is 0.220. The molecule has 0 aliphatic heterocycles. The number of aryl methyl sites for hydroxylation is 1. The number of nitrogens with two attached hydrogens (primary N) is 1. The molecule has 1 aromatic rings. The van der Waals surface area contributed by atoms with E-state index in [1.54, 1.807) is 7.11 Å². The highest BCUT2D eigenvalue weighted by Crippen LogP contribution is 2.39. The van der Waals surface area contributed by atoms with Crippen molar-refractivity contribution < 1.29 is 9.84 Å². The van der Waals surface area contributed by atoms with Crippen molar-refractivity contribution in [3.63, 3.8) is 0 Å². The van der Waals surface area contributed by atoms with Gasteiger partial charge in [-0.25, -0.2) is 0 Å². The second kappa shape index (κ2) is 5.37. The lowest BCUT2D eigenvalue weighted by Crippen LogP contribution is -2.02. The van der Waals surface area contributed by atoms with Gasteiger partial charge in [0.25, 0.3) is 0 Å². The number of hydrogen-bond acceptors (Lipinski definition) is 3. The van der Waals surface area contributed by atoms with Gasteiger partial charge >= 0.3 is 0 Å². The zero-order valence-corrected chi connectivity index (χ0v) is 10.6. The van der Waals surface area contributed by atoms with E-state index in [4.69, 9.17) is 10.5 Å². The van der Waals surface area contributed by atoms with Gasteiger partial charge in [0.05, 0.1) is 11.6 Å². The van der Waals surface area contributed by atoms with Gasteiger partial charge in [0.2, 0.25) is 0 Å². The minimum Gasteiger partial charge on any atom is -0.504 e. The summed E-state index contributed by atoms with van der Waals surface area (Å²) in [6.45, 7) is 2.59. The van der Waals surface area contributed by atoms with E-state index < -0.39 is 0 Å². The van der Waals surface area contributed by atoms with E-state index in [0.717, 1.165) is 28.4 Å². The molecule has 3 nitrogen and oxygen atoms in total. The van der Waals surface area contributed by atoms with Gasteiger partial charge in [-0.15, -0.1) is 0 Å². The molecule has 0 aromatic heterocycles. The molecule has 0 fully saturated rings. The summed E-state index contributed by atoms with van der Waals surface area (Å²) in [5.74, 6) is 0.713. The zero-order valence-electron chi connectivity index (χ0n) is 9.01. The van der Waals surface area contributed by atoms with Crippen LogP contribution in [0.4, 0.5) is 0 Å². The van der Waals surface area contributed by atoms with E-state index >= 15 is 0 Å². The minimum atomic E-state index is 0.220. The Balaban J connectivity index is 3.14. The van der Waals surface area contributed by atoms with Gasteiger partial charge in [0, 0.05) is 5.56 Å². The molecule has 0 unspecified atom stereocenters. The summed E-state index contributed by atoms with van der Waals surface area (Å²) in [5.41, 5.74) is 7.42. The molecule has 0 spiro atoms. The fourth-order valence-corrected chi connectivity index (χ4v) is 2.26. The smallest absolute Gasteiger partial charge is 0.174 e. The summed E-state index contributed by atoms with van der Waals surface area (Å²) in [4.78, 5) is 0. The topological polar surface area (TPSA) is 55.5 Å². The molecule has 0 radical (unpaired) electrons. The Morgan fingerprint density at radius 1 is 1.53 bits per heavy atom. The molecule has 0 aliphatic carbocycles. The maximum absolute atomic E-state index is 9.98. The van der Waals surface area contributed by atoms with Crippen LogP contribution >= 0.6 is 15.9 Å². The highest BCUT2D eigenvalue weighted by atomic mass is 79.9. The average Bonchev–Trinajstić information content (AvgIpc) is 2.17. The third-order valence-electron chi connectivity index (χ3n) is 2.37. The molecule has 4 heteroatoms. The average molecular weight is 274 g/mol. The monoisotopic (exact) mass is 273 g/mol. The van der Waals surface area contributed by atoms with Gasteiger partial charge in [-0.2, -0.15) is 0 Å². The van der Waals surface area contributed by atoms with Crippen LogP contribution in [0.15, 0.2) is 10.5 Å². The molecule has 84 valence electrons. The number of halogens is 1. The number of aromatic hydroxyl groups is 1. The maximum Gasteiger partial charge on any atom is 0.174 e. The third-order valence-corrected chi connectivity index (χ3v) is 2.96. The second-order valence-electron chi connectivity index (χ2n) is 3.43. The lowest BCUT2D eigenvalue weighted by Gasteiger charge is -2.13. The van der Waals surface area contributed by atoms with Crippen LogP contribution < -0.4 is 10.5 Å². The van der Waals surface area contributed by atoms with Crippen molar-refractivity contribution in [2.24, 2.45) is 5.73 Å². The molecule has 0 aliphatic rings.